The highest BCUT2D eigenvalue weighted by Crippen LogP contribution is 2.14. The van der Waals surface area contributed by atoms with Crippen LogP contribution in [0.15, 0.2) is 28.7 Å². The van der Waals surface area contributed by atoms with Crippen molar-refractivity contribution in [1.82, 2.24) is 0 Å². The van der Waals surface area contributed by atoms with Crippen molar-refractivity contribution in [1.29, 1.82) is 0 Å². The maximum Gasteiger partial charge on any atom is 0.118 e. The van der Waals surface area contributed by atoms with E-state index in [2.05, 4.69) is 22.9 Å². The number of methoxy groups -OCH3 is 1. The number of halogens is 1. The van der Waals surface area contributed by atoms with Gasteiger partial charge in [0.15, 0.2) is 0 Å². The Kier molecular flexibility index (Phi) is 12.1. The molecule has 0 aromatic heterocycles. The van der Waals surface area contributed by atoms with Crippen LogP contribution in [0.2, 0.25) is 0 Å². The summed E-state index contributed by atoms with van der Waals surface area (Å²) in [5.74, 6) is 0.887. The van der Waals surface area contributed by atoms with Gasteiger partial charge in [0.2, 0.25) is 0 Å². The zero-order valence-electron chi connectivity index (χ0n) is 12.3. The van der Waals surface area contributed by atoms with Gasteiger partial charge in [-0.15, -0.1) is 0 Å². The maximum atomic E-state index is 5.30. The summed E-state index contributed by atoms with van der Waals surface area (Å²) in [5.41, 5.74) is 0. The van der Waals surface area contributed by atoms with Crippen LogP contribution in [-0.4, -0.2) is 33.0 Å². The van der Waals surface area contributed by atoms with E-state index < -0.39 is 0 Å². The van der Waals surface area contributed by atoms with Crippen LogP contribution in [0, 0.1) is 0 Å². The van der Waals surface area contributed by atoms with Crippen molar-refractivity contribution in [3.05, 3.63) is 28.7 Å². The predicted octanol–water partition coefficient (Wildman–Crippen LogP) is 4.30. The second kappa shape index (κ2) is 12.5. The van der Waals surface area contributed by atoms with Gasteiger partial charge in [0.1, 0.15) is 5.75 Å². The van der Waals surface area contributed by atoms with Gasteiger partial charge in [0.25, 0.3) is 0 Å². The molecule has 2 rings (SSSR count). The predicted molar refractivity (Wildman–Crippen MR) is 82.9 cm³/mol. The fourth-order valence-electron chi connectivity index (χ4n) is 1.34. The van der Waals surface area contributed by atoms with Crippen LogP contribution in [-0.2, 0) is 9.47 Å². The Morgan fingerprint density at radius 3 is 2.21 bits per heavy atom. The first-order valence-corrected chi connectivity index (χ1v) is 7.54. The molecule has 4 heteroatoms. The van der Waals surface area contributed by atoms with Crippen LogP contribution >= 0.6 is 15.9 Å². The minimum absolute atomic E-state index is 0.365. The fraction of sp³-hybridized carbons (Fsp3) is 0.600. The van der Waals surface area contributed by atoms with E-state index in [0.717, 1.165) is 36.5 Å². The number of benzene rings is 1. The molecule has 0 radical (unpaired) electrons. The van der Waals surface area contributed by atoms with Crippen LogP contribution < -0.4 is 4.74 Å². The van der Waals surface area contributed by atoms with Gasteiger partial charge in [-0.1, -0.05) is 36.7 Å². The number of hydrogen-bond donors (Lipinski definition) is 0. The molecule has 0 N–H and O–H groups in total. The average Bonchev–Trinajstić information content (AvgIpc) is 2.51. The summed E-state index contributed by atoms with van der Waals surface area (Å²) in [5, 5.41) is 0. The van der Waals surface area contributed by atoms with Gasteiger partial charge in [-0.25, -0.2) is 0 Å². The molecule has 1 unspecified atom stereocenters. The summed E-state index contributed by atoms with van der Waals surface area (Å²) in [7, 11) is 1.66. The van der Waals surface area contributed by atoms with Gasteiger partial charge in [-0.2, -0.15) is 0 Å². The monoisotopic (exact) mass is 332 g/mol. The first-order valence-electron chi connectivity index (χ1n) is 6.75. The van der Waals surface area contributed by atoms with Crippen molar-refractivity contribution in [2.45, 2.75) is 33.3 Å². The molecular formula is C15H25BrO3. The summed E-state index contributed by atoms with van der Waals surface area (Å²) >= 11 is 3.32. The maximum absolute atomic E-state index is 5.30. The van der Waals surface area contributed by atoms with Crippen molar-refractivity contribution in [2.24, 2.45) is 0 Å². The largest absolute Gasteiger partial charge is 0.497 e. The number of hydrogen-bond acceptors (Lipinski definition) is 3. The van der Waals surface area contributed by atoms with E-state index in [9.17, 15) is 0 Å². The highest BCUT2D eigenvalue weighted by Gasteiger charge is 2.10. The SMILES string of the molecule is CC.CCC1COCCO1.COc1ccc(Br)cc1. The van der Waals surface area contributed by atoms with Crippen molar-refractivity contribution in [2.75, 3.05) is 26.9 Å². The first-order chi connectivity index (χ1) is 9.26. The molecule has 110 valence electrons. The Balaban J connectivity index is 0.000000303. The molecule has 1 aromatic carbocycles. The smallest absolute Gasteiger partial charge is 0.118 e. The van der Waals surface area contributed by atoms with E-state index in [1.165, 1.54) is 0 Å². The summed E-state index contributed by atoms with van der Waals surface area (Å²) < 4.78 is 16.5. The minimum atomic E-state index is 0.365. The Morgan fingerprint density at radius 2 is 1.84 bits per heavy atom. The second-order valence-corrected chi connectivity index (χ2v) is 4.55. The third-order valence-corrected chi connectivity index (χ3v) is 2.92. The Labute approximate surface area is 125 Å². The minimum Gasteiger partial charge on any atom is -0.497 e. The topological polar surface area (TPSA) is 27.7 Å². The lowest BCUT2D eigenvalue weighted by Gasteiger charge is -2.20. The molecule has 0 saturated carbocycles. The zero-order chi connectivity index (χ0) is 14.5. The highest BCUT2D eigenvalue weighted by atomic mass is 79.9. The molecule has 1 aromatic rings. The molecule has 0 amide bonds. The Bertz CT molecular complexity index is 295. The fourth-order valence-corrected chi connectivity index (χ4v) is 1.61. The molecule has 1 atom stereocenters. The van der Waals surface area contributed by atoms with Crippen LogP contribution in [0.5, 0.6) is 5.75 Å². The summed E-state index contributed by atoms with van der Waals surface area (Å²) in [6.07, 6.45) is 1.43. The molecule has 0 aliphatic carbocycles. The average molecular weight is 333 g/mol. The molecule has 3 nitrogen and oxygen atoms in total. The van der Waals surface area contributed by atoms with Crippen molar-refractivity contribution in [3.8, 4) is 5.75 Å². The molecule has 1 heterocycles. The zero-order valence-corrected chi connectivity index (χ0v) is 13.9. The van der Waals surface area contributed by atoms with Crippen molar-refractivity contribution < 1.29 is 14.2 Å². The van der Waals surface area contributed by atoms with E-state index in [0.29, 0.717) is 6.10 Å². The third kappa shape index (κ3) is 9.03. The van der Waals surface area contributed by atoms with E-state index >= 15 is 0 Å². The first kappa shape index (κ1) is 18.4. The van der Waals surface area contributed by atoms with Crippen LogP contribution in [0.1, 0.15) is 27.2 Å². The quantitative estimate of drug-likeness (QED) is 0.808. The molecule has 0 bridgehead atoms. The summed E-state index contributed by atoms with van der Waals surface area (Å²) in [6.45, 7) is 8.45. The highest BCUT2D eigenvalue weighted by molar-refractivity contribution is 9.10. The molecule has 1 aliphatic rings. The van der Waals surface area contributed by atoms with Gasteiger partial charge in [0.05, 0.1) is 33.0 Å². The van der Waals surface area contributed by atoms with Gasteiger partial charge < -0.3 is 14.2 Å². The molecule has 1 fully saturated rings. The molecular weight excluding hydrogens is 308 g/mol. The summed E-state index contributed by atoms with van der Waals surface area (Å²) in [6, 6.07) is 7.70. The lowest BCUT2D eigenvalue weighted by Crippen LogP contribution is -2.27. The van der Waals surface area contributed by atoms with Gasteiger partial charge in [-0.05, 0) is 30.7 Å². The van der Waals surface area contributed by atoms with E-state index in [1.807, 2.05) is 38.1 Å². The molecule has 1 saturated heterocycles. The van der Waals surface area contributed by atoms with Gasteiger partial charge in [0, 0.05) is 4.47 Å². The van der Waals surface area contributed by atoms with Gasteiger partial charge in [-0.3, -0.25) is 0 Å². The van der Waals surface area contributed by atoms with Crippen LogP contribution in [0.3, 0.4) is 0 Å². The van der Waals surface area contributed by atoms with Crippen molar-refractivity contribution in [3.63, 3.8) is 0 Å². The number of rotatable bonds is 2. The Morgan fingerprint density at radius 1 is 1.21 bits per heavy atom. The molecule has 1 aliphatic heterocycles. The van der Waals surface area contributed by atoms with E-state index in [-0.39, 0.29) is 0 Å². The standard InChI is InChI=1S/C7H7BrO.C6H12O2.C2H6/c1-9-7-4-2-6(8)3-5-7;1-2-6-5-7-3-4-8-6;1-2/h2-5H,1H3;6H,2-5H2,1H3;1-2H3. The van der Waals surface area contributed by atoms with Gasteiger partial charge >= 0.3 is 0 Å². The third-order valence-electron chi connectivity index (χ3n) is 2.39. The normalized spacial score (nSPS) is 17.4. The molecule has 19 heavy (non-hydrogen) atoms. The molecule has 0 spiro atoms. The van der Waals surface area contributed by atoms with E-state index in [1.54, 1.807) is 7.11 Å². The van der Waals surface area contributed by atoms with Crippen LogP contribution in [0.4, 0.5) is 0 Å². The number of ether oxygens (including phenoxy) is 3. The van der Waals surface area contributed by atoms with E-state index in [4.69, 9.17) is 14.2 Å². The lowest BCUT2D eigenvalue weighted by atomic mass is 10.3. The Hall–Kier alpha value is -0.580. The van der Waals surface area contributed by atoms with Crippen LogP contribution in [0.25, 0.3) is 0 Å². The lowest BCUT2D eigenvalue weighted by molar-refractivity contribution is -0.0887. The van der Waals surface area contributed by atoms with Crippen molar-refractivity contribution >= 4 is 15.9 Å². The second-order valence-electron chi connectivity index (χ2n) is 3.63. The summed E-state index contributed by atoms with van der Waals surface area (Å²) in [4.78, 5) is 0.